The number of aromatic nitrogens is 2. The molecular weight excluding hydrogens is 404 g/mol. The quantitative estimate of drug-likeness (QED) is 0.389. The number of nitrogens with one attached hydrogen (secondary N) is 1. The van der Waals surface area contributed by atoms with Gasteiger partial charge in [-0.1, -0.05) is 68.1 Å². The normalized spacial score (nSPS) is 13.3. The average molecular weight is 425 g/mol. The Hall–Kier alpha value is -3.63. The van der Waals surface area contributed by atoms with Crippen molar-refractivity contribution in [3.63, 3.8) is 0 Å². The molecule has 1 aliphatic heterocycles. The molecule has 0 saturated heterocycles. The Morgan fingerprint density at radius 3 is 2.71 bits per heavy atom. The fourth-order valence-corrected chi connectivity index (χ4v) is 4.47. The summed E-state index contributed by atoms with van der Waals surface area (Å²) in [6.45, 7) is 10.7. The summed E-state index contributed by atoms with van der Waals surface area (Å²) in [6, 6.07) is 16.2. The van der Waals surface area contributed by atoms with Gasteiger partial charge in [-0.3, -0.25) is 14.9 Å². The van der Waals surface area contributed by atoms with Crippen LogP contribution in [0.15, 0.2) is 86.1 Å². The lowest BCUT2D eigenvalue weighted by atomic mass is 9.98. The van der Waals surface area contributed by atoms with Gasteiger partial charge < -0.3 is 5.32 Å². The number of halogens is 1. The van der Waals surface area contributed by atoms with E-state index < -0.39 is 0 Å². The van der Waals surface area contributed by atoms with E-state index >= 15 is 0 Å². The Bertz CT molecular complexity index is 1350. The number of fused-ring (bicyclic) bond motifs is 2. The van der Waals surface area contributed by atoms with Crippen molar-refractivity contribution in [1.29, 1.82) is 0 Å². The summed E-state index contributed by atoms with van der Waals surface area (Å²) >= 11 is 6.54. The molecule has 0 aliphatic carbocycles. The summed E-state index contributed by atoms with van der Waals surface area (Å²) in [5.41, 5.74) is 6.46. The minimum atomic E-state index is 0.699. The fourth-order valence-electron chi connectivity index (χ4n) is 4.16. The van der Waals surface area contributed by atoms with E-state index in [9.17, 15) is 0 Å². The average Bonchev–Trinajstić information content (AvgIpc) is 2.78. The maximum Gasteiger partial charge on any atom is 0.110 e. The predicted octanol–water partition coefficient (Wildman–Crippen LogP) is 6.89. The number of nitrogens with zero attached hydrogens (tertiary/aromatic N) is 3. The lowest BCUT2D eigenvalue weighted by Gasteiger charge is -2.35. The molecule has 0 bridgehead atoms. The van der Waals surface area contributed by atoms with Crippen LogP contribution in [0.3, 0.4) is 0 Å². The van der Waals surface area contributed by atoms with Crippen molar-refractivity contribution in [2.45, 2.75) is 13.3 Å². The van der Waals surface area contributed by atoms with Crippen LogP contribution in [0.25, 0.3) is 27.6 Å². The standard InChI is InChI=1S/C26H21ClN4/c1-4-18-9-7-11-22(27)25(18)20-12-23-26(29-14-20)16(2)31(17(3)30-23)24-15-28-13-19-8-5-6-10-21(19)24/h5-15,30H,2-4H2,1H3. The van der Waals surface area contributed by atoms with Gasteiger partial charge in [0.1, 0.15) is 11.5 Å². The van der Waals surface area contributed by atoms with E-state index in [-0.39, 0.29) is 0 Å². The second-order valence-electron chi connectivity index (χ2n) is 7.48. The van der Waals surface area contributed by atoms with Gasteiger partial charge in [-0.05, 0) is 24.1 Å². The van der Waals surface area contributed by atoms with Gasteiger partial charge in [0.15, 0.2) is 0 Å². The first-order valence-electron chi connectivity index (χ1n) is 10.1. The van der Waals surface area contributed by atoms with Crippen LogP contribution in [0.5, 0.6) is 0 Å². The van der Waals surface area contributed by atoms with Gasteiger partial charge in [0.25, 0.3) is 0 Å². The van der Waals surface area contributed by atoms with Gasteiger partial charge in [0.05, 0.1) is 23.3 Å². The first-order chi connectivity index (χ1) is 15.1. The molecule has 1 N–H and O–H groups in total. The maximum absolute atomic E-state index is 6.54. The summed E-state index contributed by atoms with van der Waals surface area (Å²) in [6.07, 6.45) is 6.44. The summed E-state index contributed by atoms with van der Waals surface area (Å²) in [4.78, 5) is 11.1. The van der Waals surface area contributed by atoms with Crippen molar-refractivity contribution in [1.82, 2.24) is 9.97 Å². The molecule has 0 fully saturated rings. The predicted molar refractivity (Wildman–Crippen MR) is 130 cm³/mol. The highest BCUT2D eigenvalue weighted by molar-refractivity contribution is 6.33. The molecule has 2 aromatic carbocycles. The lowest BCUT2D eigenvalue weighted by Crippen LogP contribution is -2.30. The van der Waals surface area contributed by atoms with E-state index in [1.165, 1.54) is 5.56 Å². The van der Waals surface area contributed by atoms with Gasteiger partial charge in [-0.2, -0.15) is 0 Å². The SMILES string of the molecule is C=C1Nc2cc(-c3c(Cl)cccc3CC)cnc2C(=C)N1c1cncc2ccccc12. The third-order valence-corrected chi connectivity index (χ3v) is 5.95. The molecule has 31 heavy (non-hydrogen) atoms. The Kier molecular flexibility index (Phi) is 4.72. The fraction of sp³-hybridized carbons (Fsp3) is 0.0769. The van der Waals surface area contributed by atoms with Crippen LogP contribution in [-0.4, -0.2) is 9.97 Å². The summed E-state index contributed by atoms with van der Waals surface area (Å²) < 4.78 is 0. The number of benzene rings is 2. The van der Waals surface area contributed by atoms with E-state index in [1.807, 2.05) is 53.8 Å². The number of anilines is 2. The monoisotopic (exact) mass is 424 g/mol. The third kappa shape index (κ3) is 3.16. The third-order valence-electron chi connectivity index (χ3n) is 5.64. The molecule has 4 aromatic rings. The Labute approximate surface area is 186 Å². The number of pyridine rings is 2. The van der Waals surface area contributed by atoms with Crippen molar-refractivity contribution in [3.05, 3.63) is 102 Å². The molecule has 5 rings (SSSR count). The Morgan fingerprint density at radius 2 is 1.87 bits per heavy atom. The first-order valence-corrected chi connectivity index (χ1v) is 10.5. The Morgan fingerprint density at radius 1 is 1.03 bits per heavy atom. The zero-order valence-electron chi connectivity index (χ0n) is 17.2. The van der Waals surface area contributed by atoms with Crippen molar-refractivity contribution in [3.8, 4) is 11.1 Å². The van der Waals surface area contributed by atoms with Crippen LogP contribution in [0.1, 0.15) is 18.2 Å². The van der Waals surface area contributed by atoms with Crippen molar-refractivity contribution >= 4 is 39.4 Å². The van der Waals surface area contributed by atoms with E-state index in [0.717, 1.165) is 56.1 Å². The molecule has 1 aliphatic rings. The molecule has 2 aromatic heterocycles. The van der Waals surface area contributed by atoms with E-state index in [1.54, 1.807) is 0 Å². The highest BCUT2D eigenvalue weighted by Gasteiger charge is 2.27. The lowest BCUT2D eigenvalue weighted by molar-refractivity contribution is 1.10. The molecule has 5 heteroatoms. The van der Waals surface area contributed by atoms with Crippen LogP contribution in [-0.2, 0) is 6.42 Å². The van der Waals surface area contributed by atoms with Crippen molar-refractivity contribution in [2.24, 2.45) is 0 Å². The molecule has 3 heterocycles. The molecule has 0 atom stereocenters. The Balaban J connectivity index is 1.61. The van der Waals surface area contributed by atoms with Gasteiger partial charge in [-0.15, -0.1) is 0 Å². The topological polar surface area (TPSA) is 41.1 Å². The minimum Gasteiger partial charge on any atom is -0.340 e. The van der Waals surface area contributed by atoms with Crippen LogP contribution in [0.2, 0.25) is 5.02 Å². The van der Waals surface area contributed by atoms with Crippen LogP contribution in [0, 0.1) is 0 Å². The minimum absolute atomic E-state index is 0.699. The van der Waals surface area contributed by atoms with Crippen molar-refractivity contribution < 1.29 is 0 Å². The highest BCUT2D eigenvalue weighted by Crippen LogP contribution is 2.41. The first kappa shape index (κ1) is 19.3. The van der Waals surface area contributed by atoms with E-state index in [4.69, 9.17) is 16.6 Å². The second-order valence-corrected chi connectivity index (χ2v) is 7.89. The van der Waals surface area contributed by atoms with E-state index in [2.05, 4.69) is 48.6 Å². The number of hydrogen-bond acceptors (Lipinski definition) is 4. The van der Waals surface area contributed by atoms with Crippen molar-refractivity contribution in [2.75, 3.05) is 10.2 Å². The number of aryl methyl sites for hydroxylation is 1. The highest BCUT2D eigenvalue weighted by atomic mass is 35.5. The molecule has 4 nitrogen and oxygen atoms in total. The van der Waals surface area contributed by atoms with Gasteiger partial charge in [0.2, 0.25) is 0 Å². The smallest absolute Gasteiger partial charge is 0.110 e. The molecule has 0 saturated carbocycles. The largest absolute Gasteiger partial charge is 0.340 e. The van der Waals surface area contributed by atoms with Crippen LogP contribution in [0.4, 0.5) is 11.4 Å². The van der Waals surface area contributed by atoms with E-state index in [0.29, 0.717) is 5.82 Å². The molecule has 0 amide bonds. The molecule has 0 radical (unpaired) electrons. The van der Waals surface area contributed by atoms with Crippen LogP contribution < -0.4 is 10.2 Å². The van der Waals surface area contributed by atoms with Gasteiger partial charge in [-0.25, -0.2) is 0 Å². The molecule has 0 spiro atoms. The molecule has 152 valence electrons. The molecule has 0 unspecified atom stereocenters. The summed E-state index contributed by atoms with van der Waals surface area (Å²) in [5, 5.41) is 6.26. The zero-order chi connectivity index (χ0) is 21.5. The summed E-state index contributed by atoms with van der Waals surface area (Å²) in [7, 11) is 0. The van der Waals surface area contributed by atoms with Crippen LogP contribution >= 0.6 is 11.6 Å². The van der Waals surface area contributed by atoms with Gasteiger partial charge >= 0.3 is 0 Å². The second kappa shape index (κ2) is 7.56. The molecular formula is C26H21ClN4. The summed E-state index contributed by atoms with van der Waals surface area (Å²) in [5.74, 6) is 0.699. The number of rotatable bonds is 3. The maximum atomic E-state index is 6.54. The van der Waals surface area contributed by atoms with Gasteiger partial charge in [0, 0.05) is 39.3 Å². The number of hydrogen-bond donors (Lipinski definition) is 1. The zero-order valence-corrected chi connectivity index (χ0v) is 17.9.